The molecule has 0 radical (unpaired) electrons. The largest absolute Gasteiger partial charge is 0.330 e. The lowest BCUT2D eigenvalue weighted by Gasteiger charge is -2.40. The van der Waals surface area contributed by atoms with Gasteiger partial charge in [-0.15, -0.1) is 0 Å². The van der Waals surface area contributed by atoms with E-state index in [9.17, 15) is 0 Å². The average molecular weight is 198 g/mol. The zero-order valence-electron chi connectivity index (χ0n) is 10.1. The van der Waals surface area contributed by atoms with E-state index < -0.39 is 0 Å². The van der Waals surface area contributed by atoms with Gasteiger partial charge in [-0.25, -0.2) is 0 Å². The molecule has 1 aliphatic rings. The second-order valence-corrected chi connectivity index (χ2v) is 5.40. The smallest absolute Gasteiger partial charge is 0.00928 e. The van der Waals surface area contributed by atoms with Crippen molar-refractivity contribution in [1.82, 2.24) is 4.90 Å². The standard InChI is InChI=1S/C12H26N2/c1-4-11-7-5-6-8-14(11)10-12(2,3)9-13/h11H,4-10,13H2,1-3H3. The lowest BCUT2D eigenvalue weighted by molar-refractivity contribution is 0.0965. The highest BCUT2D eigenvalue weighted by Crippen LogP contribution is 2.24. The number of hydrogen-bond donors (Lipinski definition) is 1. The van der Waals surface area contributed by atoms with Gasteiger partial charge in [0.05, 0.1) is 0 Å². The fourth-order valence-corrected chi connectivity index (χ4v) is 2.34. The van der Waals surface area contributed by atoms with Crippen LogP contribution in [0.2, 0.25) is 0 Å². The predicted molar refractivity (Wildman–Crippen MR) is 62.3 cm³/mol. The number of piperidine rings is 1. The highest BCUT2D eigenvalue weighted by atomic mass is 15.2. The van der Waals surface area contributed by atoms with E-state index in [2.05, 4.69) is 25.7 Å². The van der Waals surface area contributed by atoms with Crippen LogP contribution in [0.15, 0.2) is 0 Å². The first kappa shape index (κ1) is 12.0. The van der Waals surface area contributed by atoms with Gasteiger partial charge in [0.15, 0.2) is 0 Å². The maximum absolute atomic E-state index is 5.78. The van der Waals surface area contributed by atoms with Gasteiger partial charge in [-0.2, -0.15) is 0 Å². The van der Waals surface area contributed by atoms with Gasteiger partial charge >= 0.3 is 0 Å². The lowest BCUT2D eigenvalue weighted by Crippen LogP contribution is -2.46. The van der Waals surface area contributed by atoms with Crippen LogP contribution in [0.4, 0.5) is 0 Å². The predicted octanol–water partition coefficient (Wildman–Crippen LogP) is 2.24. The molecule has 0 spiro atoms. The molecule has 1 fully saturated rings. The molecule has 2 nitrogen and oxygen atoms in total. The van der Waals surface area contributed by atoms with Crippen LogP contribution in [-0.2, 0) is 0 Å². The molecule has 0 aliphatic carbocycles. The number of hydrogen-bond acceptors (Lipinski definition) is 2. The minimum absolute atomic E-state index is 0.282. The van der Waals surface area contributed by atoms with Gasteiger partial charge in [0.25, 0.3) is 0 Å². The summed E-state index contributed by atoms with van der Waals surface area (Å²) in [7, 11) is 0. The van der Waals surface area contributed by atoms with E-state index in [1.165, 1.54) is 38.8 Å². The van der Waals surface area contributed by atoms with E-state index in [0.717, 1.165) is 12.6 Å². The summed E-state index contributed by atoms with van der Waals surface area (Å²) >= 11 is 0. The fraction of sp³-hybridized carbons (Fsp3) is 1.00. The quantitative estimate of drug-likeness (QED) is 0.750. The minimum Gasteiger partial charge on any atom is -0.330 e. The van der Waals surface area contributed by atoms with Crippen LogP contribution in [0.1, 0.15) is 46.5 Å². The van der Waals surface area contributed by atoms with E-state index in [1.807, 2.05) is 0 Å². The minimum atomic E-state index is 0.282. The number of likely N-dealkylation sites (tertiary alicyclic amines) is 1. The Balaban J connectivity index is 2.48. The molecule has 0 aromatic rings. The van der Waals surface area contributed by atoms with Crippen molar-refractivity contribution < 1.29 is 0 Å². The van der Waals surface area contributed by atoms with Crippen molar-refractivity contribution in [2.24, 2.45) is 11.1 Å². The molecule has 1 heterocycles. The molecule has 0 saturated carbocycles. The van der Waals surface area contributed by atoms with Crippen LogP contribution >= 0.6 is 0 Å². The second kappa shape index (κ2) is 5.13. The van der Waals surface area contributed by atoms with Crippen LogP contribution < -0.4 is 5.73 Å². The zero-order valence-corrected chi connectivity index (χ0v) is 10.1. The molecule has 0 bridgehead atoms. The van der Waals surface area contributed by atoms with Crippen molar-refractivity contribution in [3.8, 4) is 0 Å². The highest BCUT2D eigenvalue weighted by Gasteiger charge is 2.26. The molecule has 0 aromatic carbocycles. The highest BCUT2D eigenvalue weighted by molar-refractivity contribution is 4.81. The van der Waals surface area contributed by atoms with Crippen molar-refractivity contribution in [3.05, 3.63) is 0 Å². The Morgan fingerprint density at radius 1 is 1.36 bits per heavy atom. The molecule has 1 aliphatic heterocycles. The summed E-state index contributed by atoms with van der Waals surface area (Å²) in [6.07, 6.45) is 5.47. The lowest BCUT2D eigenvalue weighted by atomic mass is 9.90. The monoisotopic (exact) mass is 198 g/mol. The van der Waals surface area contributed by atoms with Crippen molar-refractivity contribution in [1.29, 1.82) is 0 Å². The van der Waals surface area contributed by atoms with Crippen molar-refractivity contribution in [2.45, 2.75) is 52.5 Å². The van der Waals surface area contributed by atoms with E-state index in [1.54, 1.807) is 0 Å². The maximum atomic E-state index is 5.78. The molecule has 0 amide bonds. The first-order chi connectivity index (χ1) is 6.59. The molecule has 14 heavy (non-hydrogen) atoms. The Morgan fingerprint density at radius 3 is 2.64 bits per heavy atom. The van der Waals surface area contributed by atoms with Crippen LogP contribution in [0, 0.1) is 5.41 Å². The fourth-order valence-electron chi connectivity index (χ4n) is 2.34. The van der Waals surface area contributed by atoms with Crippen molar-refractivity contribution >= 4 is 0 Å². The van der Waals surface area contributed by atoms with Crippen LogP contribution in [0.25, 0.3) is 0 Å². The van der Waals surface area contributed by atoms with Crippen LogP contribution in [0.3, 0.4) is 0 Å². The summed E-state index contributed by atoms with van der Waals surface area (Å²) in [5.41, 5.74) is 6.07. The average Bonchev–Trinajstić information content (AvgIpc) is 2.18. The molecule has 2 N–H and O–H groups in total. The normalized spacial score (nSPS) is 25.3. The molecule has 1 rings (SSSR count). The van der Waals surface area contributed by atoms with Gasteiger partial charge in [0.2, 0.25) is 0 Å². The summed E-state index contributed by atoms with van der Waals surface area (Å²) in [6.45, 7) is 10.1. The van der Waals surface area contributed by atoms with E-state index >= 15 is 0 Å². The van der Waals surface area contributed by atoms with Gasteiger partial charge in [-0.1, -0.05) is 27.2 Å². The van der Waals surface area contributed by atoms with E-state index in [0.29, 0.717) is 0 Å². The van der Waals surface area contributed by atoms with Gasteiger partial charge in [0, 0.05) is 12.6 Å². The third-order valence-corrected chi connectivity index (χ3v) is 3.40. The SMILES string of the molecule is CCC1CCCCN1CC(C)(C)CN. The summed E-state index contributed by atoms with van der Waals surface area (Å²) in [5, 5.41) is 0. The molecule has 1 atom stereocenters. The Hall–Kier alpha value is -0.0800. The topological polar surface area (TPSA) is 29.3 Å². The summed E-state index contributed by atoms with van der Waals surface area (Å²) in [4.78, 5) is 2.65. The zero-order chi connectivity index (χ0) is 10.6. The van der Waals surface area contributed by atoms with E-state index in [4.69, 9.17) is 5.73 Å². The Morgan fingerprint density at radius 2 is 2.07 bits per heavy atom. The van der Waals surface area contributed by atoms with Crippen LogP contribution in [0.5, 0.6) is 0 Å². The van der Waals surface area contributed by atoms with Gasteiger partial charge < -0.3 is 5.73 Å². The number of rotatable bonds is 4. The summed E-state index contributed by atoms with van der Waals surface area (Å²) < 4.78 is 0. The number of nitrogens with zero attached hydrogens (tertiary/aromatic N) is 1. The van der Waals surface area contributed by atoms with Crippen LogP contribution in [-0.4, -0.2) is 30.6 Å². The summed E-state index contributed by atoms with van der Waals surface area (Å²) in [6, 6.07) is 0.814. The molecule has 84 valence electrons. The first-order valence-electron chi connectivity index (χ1n) is 6.03. The molecular formula is C12H26N2. The third kappa shape index (κ3) is 3.25. The molecule has 0 aromatic heterocycles. The van der Waals surface area contributed by atoms with Crippen molar-refractivity contribution in [2.75, 3.05) is 19.6 Å². The Bertz CT molecular complexity index is 166. The first-order valence-corrected chi connectivity index (χ1v) is 6.03. The maximum Gasteiger partial charge on any atom is 0.00928 e. The van der Waals surface area contributed by atoms with Gasteiger partial charge in [-0.05, 0) is 37.8 Å². The van der Waals surface area contributed by atoms with Gasteiger partial charge in [-0.3, -0.25) is 4.90 Å². The van der Waals surface area contributed by atoms with Gasteiger partial charge in [0.1, 0.15) is 0 Å². The Kier molecular flexibility index (Phi) is 4.39. The second-order valence-electron chi connectivity index (χ2n) is 5.40. The molecule has 1 saturated heterocycles. The molecular weight excluding hydrogens is 172 g/mol. The Labute approximate surface area is 88.8 Å². The third-order valence-electron chi connectivity index (χ3n) is 3.40. The molecule has 1 unspecified atom stereocenters. The van der Waals surface area contributed by atoms with Crippen molar-refractivity contribution in [3.63, 3.8) is 0 Å². The summed E-state index contributed by atoms with van der Waals surface area (Å²) in [5.74, 6) is 0. The van der Waals surface area contributed by atoms with E-state index in [-0.39, 0.29) is 5.41 Å². The molecule has 2 heteroatoms. The number of nitrogens with two attached hydrogens (primary N) is 1.